The third-order valence-corrected chi connectivity index (χ3v) is 7.63. The van der Waals surface area contributed by atoms with E-state index in [1.807, 2.05) is 0 Å². The van der Waals surface area contributed by atoms with E-state index in [4.69, 9.17) is 0 Å². The number of carbonyl (C=O) groups is 1. The number of carboxylic acid groups (broad SMARTS) is 1. The Morgan fingerprint density at radius 3 is 2.62 bits per heavy atom. The maximum absolute atomic E-state index is 12.8. The average Bonchev–Trinajstić information content (AvgIpc) is 2.88. The molecular formula is C13H18N2O4S2. The molecule has 0 aromatic carbocycles. The quantitative estimate of drug-likeness (QED) is 0.871. The molecule has 3 rings (SSSR count). The Morgan fingerprint density at radius 2 is 1.95 bits per heavy atom. The first kappa shape index (κ1) is 15.0. The van der Waals surface area contributed by atoms with Crippen molar-refractivity contribution in [2.75, 3.05) is 19.6 Å². The maximum atomic E-state index is 12.8. The van der Waals surface area contributed by atoms with E-state index in [0.29, 0.717) is 38.2 Å². The van der Waals surface area contributed by atoms with E-state index in [0.717, 1.165) is 35.5 Å². The highest BCUT2D eigenvalue weighted by molar-refractivity contribution is 7.91. The Bertz CT molecular complexity index is 660. The molecule has 2 aliphatic heterocycles. The maximum Gasteiger partial charge on any atom is 0.338 e. The lowest BCUT2D eigenvalue weighted by Gasteiger charge is -2.25. The number of fused-ring (bicyclic) bond motifs is 1. The molecule has 0 spiro atoms. The fourth-order valence-electron chi connectivity index (χ4n) is 2.93. The first-order valence-corrected chi connectivity index (χ1v) is 9.36. The largest absolute Gasteiger partial charge is 0.478 e. The summed E-state index contributed by atoms with van der Waals surface area (Å²) in [7, 11) is -3.69. The highest BCUT2D eigenvalue weighted by Crippen LogP contribution is 2.36. The second kappa shape index (κ2) is 5.68. The molecule has 6 nitrogen and oxygen atoms in total. The van der Waals surface area contributed by atoms with Gasteiger partial charge in [0.2, 0.25) is 0 Å². The Balaban J connectivity index is 2.08. The number of hydrogen-bond donors (Lipinski definition) is 2. The Labute approximate surface area is 127 Å². The minimum atomic E-state index is -3.69. The van der Waals surface area contributed by atoms with Crippen LogP contribution < -0.4 is 5.32 Å². The van der Waals surface area contributed by atoms with Crippen molar-refractivity contribution in [2.24, 2.45) is 0 Å². The molecule has 1 saturated heterocycles. The molecule has 0 aliphatic carbocycles. The van der Waals surface area contributed by atoms with Crippen molar-refractivity contribution in [3.8, 4) is 0 Å². The lowest BCUT2D eigenvalue weighted by molar-refractivity contribution is 0.0692. The third kappa shape index (κ3) is 2.61. The van der Waals surface area contributed by atoms with Crippen LogP contribution in [0.5, 0.6) is 0 Å². The Kier molecular flexibility index (Phi) is 4.04. The molecule has 0 amide bonds. The van der Waals surface area contributed by atoms with Crippen LogP contribution in [0.2, 0.25) is 0 Å². The van der Waals surface area contributed by atoms with Crippen molar-refractivity contribution in [3.05, 3.63) is 16.0 Å². The van der Waals surface area contributed by atoms with Crippen molar-refractivity contribution >= 4 is 27.3 Å². The molecule has 0 bridgehead atoms. The summed E-state index contributed by atoms with van der Waals surface area (Å²) in [5, 5.41) is 12.6. The molecule has 116 valence electrons. The second-order valence-corrected chi connectivity index (χ2v) is 8.60. The third-order valence-electron chi connectivity index (χ3n) is 4.00. The topological polar surface area (TPSA) is 86.7 Å². The van der Waals surface area contributed by atoms with Gasteiger partial charge in [0.05, 0.1) is 5.56 Å². The van der Waals surface area contributed by atoms with Crippen LogP contribution in [-0.4, -0.2) is 43.4 Å². The van der Waals surface area contributed by atoms with E-state index < -0.39 is 16.0 Å². The van der Waals surface area contributed by atoms with E-state index >= 15 is 0 Å². The van der Waals surface area contributed by atoms with Gasteiger partial charge < -0.3 is 10.4 Å². The molecule has 0 radical (unpaired) electrons. The van der Waals surface area contributed by atoms with Gasteiger partial charge in [-0.3, -0.25) is 0 Å². The smallest absolute Gasteiger partial charge is 0.338 e. The van der Waals surface area contributed by atoms with Gasteiger partial charge in [-0.25, -0.2) is 13.2 Å². The molecule has 2 aliphatic rings. The molecule has 3 heterocycles. The predicted octanol–water partition coefficient (Wildman–Crippen LogP) is 1.27. The molecule has 1 fully saturated rings. The van der Waals surface area contributed by atoms with Gasteiger partial charge in [0, 0.05) is 24.5 Å². The minimum Gasteiger partial charge on any atom is -0.478 e. The summed E-state index contributed by atoms with van der Waals surface area (Å²) < 4.78 is 27.0. The molecule has 0 unspecified atom stereocenters. The predicted molar refractivity (Wildman–Crippen MR) is 79.3 cm³/mol. The molecule has 1 aromatic heterocycles. The van der Waals surface area contributed by atoms with E-state index in [9.17, 15) is 18.3 Å². The number of carboxylic acids is 1. The van der Waals surface area contributed by atoms with E-state index in [1.165, 1.54) is 4.31 Å². The van der Waals surface area contributed by atoms with Gasteiger partial charge in [0.25, 0.3) is 10.0 Å². The highest BCUT2D eigenvalue weighted by Gasteiger charge is 2.35. The number of rotatable bonds is 3. The number of thiophene rings is 1. The zero-order valence-electron chi connectivity index (χ0n) is 11.6. The number of nitrogens with one attached hydrogen (secondary N) is 1. The summed E-state index contributed by atoms with van der Waals surface area (Å²) >= 11 is 1.12. The fraction of sp³-hybridized carbons (Fsp3) is 0.615. The summed E-state index contributed by atoms with van der Waals surface area (Å²) in [5.74, 6) is -1.13. The number of nitrogens with zero attached hydrogens (tertiary/aromatic N) is 1. The van der Waals surface area contributed by atoms with Crippen molar-refractivity contribution in [1.82, 2.24) is 9.62 Å². The molecule has 0 saturated carbocycles. The molecule has 21 heavy (non-hydrogen) atoms. The molecular weight excluding hydrogens is 312 g/mol. The van der Waals surface area contributed by atoms with Crippen molar-refractivity contribution < 1.29 is 18.3 Å². The zero-order valence-corrected chi connectivity index (χ0v) is 13.2. The lowest BCUT2D eigenvalue weighted by atomic mass is 10.1. The monoisotopic (exact) mass is 330 g/mol. The number of hydrogen-bond acceptors (Lipinski definition) is 5. The van der Waals surface area contributed by atoms with Gasteiger partial charge in [-0.2, -0.15) is 4.31 Å². The van der Waals surface area contributed by atoms with Crippen LogP contribution in [0.4, 0.5) is 0 Å². The van der Waals surface area contributed by atoms with Crippen molar-refractivity contribution in [3.63, 3.8) is 0 Å². The first-order valence-electron chi connectivity index (χ1n) is 7.10. The Morgan fingerprint density at radius 1 is 1.24 bits per heavy atom. The van der Waals surface area contributed by atoms with Crippen LogP contribution in [-0.2, 0) is 23.0 Å². The van der Waals surface area contributed by atoms with Crippen LogP contribution in [0, 0.1) is 0 Å². The fourth-order valence-corrected chi connectivity index (χ4v) is 6.45. The van der Waals surface area contributed by atoms with Crippen LogP contribution >= 0.6 is 11.3 Å². The minimum absolute atomic E-state index is 0.00192. The van der Waals surface area contributed by atoms with Gasteiger partial charge in [0.1, 0.15) is 4.21 Å². The van der Waals surface area contributed by atoms with Crippen LogP contribution in [0.25, 0.3) is 0 Å². The molecule has 8 heteroatoms. The normalized spacial score (nSPS) is 20.2. The lowest BCUT2D eigenvalue weighted by Crippen LogP contribution is -2.35. The highest BCUT2D eigenvalue weighted by atomic mass is 32.2. The van der Waals surface area contributed by atoms with Crippen LogP contribution in [0.3, 0.4) is 0 Å². The standard InChI is InChI=1S/C13H18N2O4S2/c16-12(17)11-9-4-5-14-8-10(9)20-13(11)21(18,19)15-6-2-1-3-7-15/h14H,1-8H2,(H,16,17). The first-order chi connectivity index (χ1) is 10.0. The van der Waals surface area contributed by atoms with E-state index in [-0.39, 0.29) is 9.77 Å². The SMILES string of the molecule is O=C(O)c1c(S(=O)(=O)N2CCCCC2)sc2c1CCNC2. The summed E-state index contributed by atoms with van der Waals surface area (Å²) in [4.78, 5) is 12.4. The van der Waals surface area contributed by atoms with Crippen LogP contribution in [0.15, 0.2) is 4.21 Å². The molecule has 2 N–H and O–H groups in total. The van der Waals surface area contributed by atoms with E-state index in [1.54, 1.807) is 0 Å². The summed E-state index contributed by atoms with van der Waals surface area (Å²) in [6, 6.07) is 0. The van der Waals surface area contributed by atoms with Gasteiger partial charge in [-0.15, -0.1) is 11.3 Å². The molecule has 0 atom stereocenters. The summed E-state index contributed by atoms with van der Waals surface area (Å²) in [6.45, 7) is 2.22. The van der Waals surface area contributed by atoms with Crippen LogP contribution in [0.1, 0.15) is 40.1 Å². The van der Waals surface area contributed by atoms with Crippen molar-refractivity contribution in [2.45, 2.75) is 36.4 Å². The van der Waals surface area contributed by atoms with E-state index in [2.05, 4.69) is 5.32 Å². The second-order valence-electron chi connectivity index (χ2n) is 5.36. The van der Waals surface area contributed by atoms with Gasteiger partial charge in [0.15, 0.2) is 0 Å². The average molecular weight is 330 g/mol. The van der Waals surface area contributed by atoms with Crippen molar-refractivity contribution in [1.29, 1.82) is 0 Å². The zero-order chi connectivity index (χ0) is 15.0. The number of piperidine rings is 1. The molecule has 1 aromatic rings. The van der Waals surface area contributed by atoms with Gasteiger partial charge >= 0.3 is 5.97 Å². The summed E-state index contributed by atoms with van der Waals surface area (Å²) in [5.41, 5.74) is 0.698. The van der Waals surface area contributed by atoms with Gasteiger partial charge in [-0.1, -0.05) is 6.42 Å². The van der Waals surface area contributed by atoms with Gasteiger partial charge in [-0.05, 0) is 31.4 Å². The Hall–Kier alpha value is -0.960. The number of sulfonamides is 1. The summed E-state index contributed by atoms with van der Waals surface area (Å²) in [6.07, 6.45) is 3.29. The number of aromatic carboxylic acids is 1.